The lowest BCUT2D eigenvalue weighted by Gasteiger charge is -2.21. The molecule has 6 heteroatoms. The summed E-state index contributed by atoms with van der Waals surface area (Å²) in [6.45, 7) is 2.01. The van der Waals surface area contributed by atoms with E-state index in [9.17, 15) is 9.90 Å². The summed E-state index contributed by atoms with van der Waals surface area (Å²) < 4.78 is 0. The monoisotopic (exact) mass is 447 g/mol. The highest BCUT2D eigenvalue weighted by Crippen LogP contribution is 2.29. The van der Waals surface area contributed by atoms with Crippen molar-refractivity contribution in [3.05, 3.63) is 89.0 Å². The molecule has 1 saturated heterocycles. The first-order chi connectivity index (χ1) is 15.5. The SMILES string of the molecule is NC(=O)c1cc(-c2ccccc2)ccc1N1CCCC1.OC1C=Cc2cc(Cl)ccc2N1. The summed E-state index contributed by atoms with van der Waals surface area (Å²) in [7, 11) is 0. The Morgan fingerprint density at radius 3 is 2.47 bits per heavy atom. The van der Waals surface area contributed by atoms with E-state index < -0.39 is 6.23 Å². The molecule has 164 valence electrons. The number of hydrogen-bond acceptors (Lipinski definition) is 4. The number of rotatable bonds is 3. The van der Waals surface area contributed by atoms with Gasteiger partial charge >= 0.3 is 0 Å². The Morgan fingerprint density at radius 2 is 1.75 bits per heavy atom. The van der Waals surface area contributed by atoms with Crippen LogP contribution in [-0.2, 0) is 0 Å². The quantitative estimate of drug-likeness (QED) is 0.518. The Labute approximate surface area is 193 Å². The molecule has 2 heterocycles. The van der Waals surface area contributed by atoms with Crippen molar-refractivity contribution in [1.29, 1.82) is 0 Å². The molecule has 1 amide bonds. The zero-order valence-electron chi connectivity index (χ0n) is 17.7. The van der Waals surface area contributed by atoms with Gasteiger partial charge in [-0.05, 0) is 65.9 Å². The number of carbonyl (C=O) groups is 1. The molecule has 0 radical (unpaired) electrons. The molecule has 5 nitrogen and oxygen atoms in total. The maximum absolute atomic E-state index is 11.8. The van der Waals surface area contributed by atoms with E-state index in [-0.39, 0.29) is 5.91 Å². The lowest BCUT2D eigenvalue weighted by atomic mass is 10.0. The van der Waals surface area contributed by atoms with Crippen molar-refractivity contribution in [3.8, 4) is 11.1 Å². The Balaban J connectivity index is 0.000000174. The minimum absolute atomic E-state index is 0.357. The number of benzene rings is 3. The molecule has 0 aromatic heterocycles. The van der Waals surface area contributed by atoms with Gasteiger partial charge in [0.2, 0.25) is 0 Å². The zero-order valence-corrected chi connectivity index (χ0v) is 18.4. The van der Waals surface area contributed by atoms with Gasteiger partial charge in [0.15, 0.2) is 0 Å². The largest absolute Gasteiger partial charge is 0.371 e. The van der Waals surface area contributed by atoms with Crippen LogP contribution in [0.25, 0.3) is 17.2 Å². The van der Waals surface area contributed by atoms with E-state index in [4.69, 9.17) is 17.3 Å². The van der Waals surface area contributed by atoms with Gasteiger partial charge in [-0.15, -0.1) is 0 Å². The van der Waals surface area contributed by atoms with Gasteiger partial charge in [0.1, 0.15) is 6.23 Å². The number of aliphatic hydroxyl groups is 1. The first-order valence-electron chi connectivity index (χ1n) is 10.7. The zero-order chi connectivity index (χ0) is 22.5. The molecular formula is C26H26ClN3O2. The fourth-order valence-corrected chi connectivity index (χ4v) is 4.16. The van der Waals surface area contributed by atoms with Crippen molar-refractivity contribution in [2.24, 2.45) is 5.73 Å². The Hall–Kier alpha value is -3.28. The van der Waals surface area contributed by atoms with E-state index in [1.165, 1.54) is 12.8 Å². The molecule has 1 atom stereocenters. The third-order valence-electron chi connectivity index (χ3n) is 5.59. The van der Waals surface area contributed by atoms with E-state index in [0.29, 0.717) is 10.6 Å². The van der Waals surface area contributed by atoms with E-state index in [1.807, 2.05) is 60.7 Å². The molecule has 2 aliphatic rings. The number of hydrogen-bond donors (Lipinski definition) is 3. The van der Waals surface area contributed by atoms with Crippen LogP contribution in [0.5, 0.6) is 0 Å². The molecule has 0 saturated carbocycles. The normalized spacial score (nSPS) is 16.6. The highest BCUT2D eigenvalue weighted by molar-refractivity contribution is 6.30. The fourth-order valence-electron chi connectivity index (χ4n) is 3.98. The summed E-state index contributed by atoms with van der Waals surface area (Å²) in [6.07, 6.45) is 5.30. The van der Waals surface area contributed by atoms with Gasteiger partial charge in [0.05, 0.1) is 5.56 Å². The van der Waals surface area contributed by atoms with Crippen LogP contribution < -0.4 is 16.0 Å². The van der Waals surface area contributed by atoms with Gasteiger partial charge in [-0.2, -0.15) is 0 Å². The predicted octanol–water partition coefficient (Wildman–Crippen LogP) is 5.15. The molecule has 0 spiro atoms. The van der Waals surface area contributed by atoms with E-state index >= 15 is 0 Å². The van der Waals surface area contributed by atoms with Crippen LogP contribution in [0.2, 0.25) is 5.02 Å². The molecule has 4 N–H and O–H groups in total. The predicted molar refractivity (Wildman–Crippen MR) is 132 cm³/mol. The first kappa shape index (κ1) is 21.9. The molecule has 1 fully saturated rings. The van der Waals surface area contributed by atoms with Crippen LogP contribution in [-0.4, -0.2) is 30.3 Å². The van der Waals surface area contributed by atoms with Crippen LogP contribution in [0, 0.1) is 0 Å². The molecule has 3 aromatic carbocycles. The summed E-state index contributed by atoms with van der Waals surface area (Å²) in [5, 5.41) is 12.8. The second kappa shape index (κ2) is 9.90. The number of nitrogens with zero attached hydrogens (tertiary/aromatic N) is 1. The van der Waals surface area contributed by atoms with Crippen molar-refractivity contribution in [1.82, 2.24) is 0 Å². The Bertz CT molecular complexity index is 1130. The topological polar surface area (TPSA) is 78.6 Å². The van der Waals surface area contributed by atoms with Crippen molar-refractivity contribution in [3.63, 3.8) is 0 Å². The average Bonchev–Trinajstić information content (AvgIpc) is 3.35. The van der Waals surface area contributed by atoms with Gasteiger partial charge < -0.3 is 21.1 Å². The standard InChI is InChI=1S/C17H18N2O.C9H8ClNO/c18-17(20)15-12-14(13-6-2-1-3-7-13)8-9-16(15)19-10-4-5-11-19;10-7-2-3-8-6(5-7)1-4-9(12)11-8/h1-3,6-9,12H,4-5,10-11H2,(H2,18,20);1-5,9,11-12H. The molecule has 2 aliphatic heterocycles. The number of halogens is 1. The van der Waals surface area contributed by atoms with Crippen molar-refractivity contribution >= 4 is 35.0 Å². The van der Waals surface area contributed by atoms with Crippen LogP contribution in [0.4, 0.5) is 11.4 Å². The summed E-state index contributed by atoms with van der Waals surface area (Å²) in [5.41, 5.74) is 11.2. The lowest BCUT2D eigenvalue weighted by molar-refractivity contribution is 0.100. The molecule has 3 aromatic rings. The number of amides is 1. The van der Waals surface area contributed by atoms with Gasteiger partial charge in [0.25, 0.3) is 5.91 Å². The Morgan fingerprint density at radius 1 is 1.00 bits per heavy atom. The highest BCUT2D eigenvalue weighted by Gasteiger charge is 2.18. The maximum Gasteiger partial charge on any atom is 0.250 e. The molecule has 0 aliphatic carbocycles. The van der Waals surface area contributed by atoms with E-state index in [1.54, 1.807) is 12.1 Å². The second-order valence-electron chi connectivity index (χ2n) is 7.84. The number of primary amides is 1. The Kier molecular flexibility index (Phi) is 6.78. The minimum Gasteiger partial charge on any atom is -0.371 e. The van der Waals surface area contributed by atoms with Crippen molar-refractivity contribution < 1.29 is 9.90 Å². The molecular weight excluding hydrogens is 422 g/mol. The van der Waals surface area contributed by atoms with Gasteiger partial charge in [-0.3, -0.25) is 4.79 Å². The number of carbonyl (C=O) groups excluding carboxylic acids is 1. The van der Waals surface area contributed by atoms with Crippen LogP contribution in [0.3, 0.4) is 0 Å². The number of nitrogens with one attached hydrogen (secondary N) is 1. The summed E-state index contributed by atoms with van der Waals surface area (Å²) >= 11 is 5.79. The number of nitrogens with two attached hydrogens (primary N) is 1. The van der Waals surface area contributed by atoms with E-state index in [2.05, 4.69) is 16.3 Å². The number of fused-ring (bicyclic) bond motifs is 1. The van der Waals surface area contributed by atoms with Crippen molar-refractivity contribution in [2.45, 2.75) is 19.1 Å². The summed E-state index contributed by atoms with van der Waals surface area (Å²) in [5.74, 6) is -0.357. The summed E-state index contributed by atoms with van der Waals surface area (Å²) in [4.78, 5) is 14.0. The van der Waals surface area contributed by atoms with E-state index in [0.717, 1.165) is 41.2 Å². The van der Waals surface area contributed by atoms with Gasteiger partial charge in [-0.1, -0.05) is 54.1 Å². The average molecular weight is 448 g/mol. The van der Waals surface area contributed by atoms with Gasteiger partial charge in [-0.25, -0.2) is 0 Å². The summed E-state index contributed by atoms with van der Waals surface area (Å²) in [6, 6.07) is 21.5. The highest BCUT2D eigenvalue weighted by atomic mass is 35.5. The third-order valence-corrected chi connectivity index (χ3v) is 5.83. The van der Waals surface area contributed by atoms with Crippen molar-refractivity contribution in [2.75, 3.05) is 23.3 Å². The third kappa shape index (κ3) is 5.13. The molecule has 5 rings (SSSR count). The fraction of sp³-hybridized carbons (Fsp3) is 0.192. The molecule has 32 heavy (non-hydrogen) atoms. The lowest BCUT2D eigenvalue weighted by Crippen LogP contribution is -2.23. The first-order valence-corrected chi connectivity index (χ1v) is 11.1. The number of anilines is 2. The number of aliphatic hydroxyl groups excluding tert-OH is 1. The van der Waals surface area contributed by atoms with Crippen LogP contribution in [0.15, 0.2) is 72.8 Å². The van der Waals surface area contributed by atoms with Crippen LogP contribution in [0.1, 0.15) is 28.8 Å². The maximum atomic E-state index is 11.8. The minimum atomic E-state index is -0.585. The second-order valence-corrected chi connectivity index (χ2v) is 8.27. The molecule has 0 bridgehead atoms. The van der Waals surface area contributed by atoms with Gasteiger partial charge in [0, 0.05) is 29.5 Å². The van der Waals surface area contributed by atoms with Crippen LogP contribution >= 0.6 is 11.6 Å². The molecule has 1 unspecified atom stereocenters. The smallest absolute Gasteiger partial charge is 0.250 e.